The molecule has 160 valence electrons. The van der Waals surface area contributed by atoms with Gasteiger partial charge in [0.1, 0.15) is 11.5 Å². The maximum atomic E-state index is 10.6. The van der Waals surface area contributed by atoms with E-state index in [-0.39, 0.29) is 37.7 Å². The van der Waals surface area contributed by atoms with Crippen molar-refractivity contribution in [2.45, 2.75) is 36.4 Å². The number of aliphatic hydroxyl groups excluding tert-OH is 4. The van der Waals surface area contributed by atoms with E-state index < -0.39 is 71.3 Å². The molecular weight excluding hydrogens is 440 g/mol. The summed E-state index contributed by atoms with van der Waals surface area (Å²) >= 11 is 0. The summed E-state index contributed by atoms with van der Waals surface area (Å²) in [4.78, 5) is 21.0. The van der Waals surface area contributed by atoms with E-state index in [0.29, 0.717) is 0 Å². The van der Waals surface area contributed by atoms with E-state index in [4.69, 9.17) is 51.1 Å². The molecule has 0 saturated heterocycles. The van der Waals surface area contributed by atoms with Crippen LogP contribution in [-0.2, 0) is 19.1 Å². The maximum absolute atomic E-state index is 10.6. The summed E-state index contributed by atoms with van der Waals surface area (Å²) in [5.74, 6) is -15.2. The molecular formula is C12H14CaO16. The molecule has 0 aliphatic carbocycles. The Morgan fingerprint density at radius 1 is 0.724 bits per heavy atom. The molecule has 0 aromatic heterocycles. The summed E-state index contributed by atoms with van der Waals surface area (Å²) in [6.45, 7) is 0. The topological polar surface area (TPSA) is 301 Å². The number of aliphatic hydroxyl groups is 10. The van der Waals surface area contributed by atoms with Gasteiger partial charge in [0.25, 0.3) is 0 Å². The predicted octanol–water partition coefficient (Wildman–Crippen LogP) is -8.31. The zero-order valence-electron chi connectivity index (χ0n) is 13.9. The molecule has 2 aliphatic heterocycles. The molecule has 0 aromatic rings. The first-order valence-corrected chi connectivity index (χ1v) is 6.82. The molecule has 0 aromatic carbocycles. The van der Waals surface area contributed by atoms with Crippen LogP contribution in [0.4, 0.5) is 0 Å². The van der Waals surface area contributed by atoms with Gasteiger partial charge in [0.15, 0.2) is 24.4 Å². The third kappa shape index (κ3) is 6.27. The molecule has 0 unspecified atom stereocenters. The van der Waals surface area contributed by atoms with E-state index >= 15 is 0 Å². The van der Waals surface area contributed by atoms with Crippen LogP contribution in [0.2, 0.25) is 0 Å². The minimum atomic E-state index is -3.58. The molecule has 10 N–H and O–H groups in total. The van der Waals surface area contributed by atoms with E-state index in [0.717, 1.165) is 0 Å². The van der Waals surface area contributed by atoms with Crippen molar-refractivity contribution < 1.29 is 80.3 Å². The van der Waals surface area contributed by atoms with Gasteiger partial charge in [-0.15, -0.1) is 0 Å². The van der Waals surface area contributed by atoms with Crippen molar-refractivity contribution in [1.82, 2.24) is 0 Å². The van der Waals surface area contributed by atoms with Crippen LogP contribution in [0.5, 0.6) is 0 Å². The fourth-order valence-electron chi connectivity index (χ4n) is 1.75. The zero-order chi connectivity index (χ0) is 22.2. The number of hydrogen-bond acceptors (Lipinski definition) is 16. The van der Waals surface area contributed by atoms with Gasteiger partial charge in [0, 0.05) is 11.5 Å². The van der Waals surface area contributed by atoms with Crippen LogP contribution in [0.25, 0.3) is 0 Å². The number of hydrogen-bond donors (Lipinski definition) is 10. The van der Waals surface area contributed by atoms with Gasteiger partial charge in [-0.3, -0.25) is 0 Å². The average Bonchev–Trinajstić information content (AvgIpc) is 2.97. The Labute approximate surface area is 189 Å². The zero-order valence-corrected chi connectivity index (χ0v) is 16.1. The molecule has 0 bridgehead atoms. The molecule has 0 spiro atoms. The summed E-state index contributed by atoms with van der Waals surface area (Å²) in [6.07, 6.45) is -8.82. The van der Waals surface area contributed by atoms with E-state index in [1.165, 1.54) is 0 Å². The molecule has 4 atom stereocenters. The van der Waals surface area contributed by atoms with Crippen LogP contribution < -0.4 is 10.2 Å². The van der Waals surface area contributed by atoms with Gasteiger partial charge in [0.2, 0.25) is 0 Å². The van der Waals surface area contributed by atoms with E-state index in [1.807, 2.05) is 0 Å². The molecule has 2 rings (SSSR count). The van der Waals surface area contributed by atoms with Crippen molar-refractivity contribution in [2.75, 3.05) is 0 Å². The van der Waals surface area contributed by atoms with Crippen LogP contribution in [-0.4, -0.2) is 137 Å². The Kier molecular flexibility index (Phi) is 9.10. The van der Waals surface area contributed by atoms with Crippen LogP contribution in [0.3, 0.4) is 0 Å². The second kappa shape index (κ2) is 9.58. The molecule has 17 heteroatoms. The molecule has 2 heterocycles. The van der Waals surface area contributed by atoms with Crippen molar-refractivity contribution in [3.63, 3.8) is 0 Å². The number of esters is 2. The first kappa shape index (κ1) is 27.6. The number of cyclic esters (lactones) is 2. The molecule has 0 saturated carbocycles. The molecule has 0 fully saturated rings. The van der Waals surface area contributed by atoms with E-state index in [1.54, 1.807) is 0 Å². The van der Waals surface area contributed by atoms with Crippen molar-refractivity contribution in [3.8, 4) is 0 Å². The van der Waals surface area contributed by atoms with Crippen molar-refractivity contribution in [1.29, 1.82) is 0 Å². The SMILES string of the molecule is O=C1O[C@H]([C@@H](O)C(O)(O)O)C(O)=C1[O-].O=C1O[C@H]([C@@H](O)C(O)(O)O)C(O)=C1[O-].[Ca+2]. The smallest absolute Gasteiger partial charge is 0.865 e. The molecule has 16 nitrogen and oxygen atoms in total. The van der Waals surface area contributed by atoms with Crippen LogP contribution in [0.15, 0.2) is 23.0 Å². The standard InChI is InChI=1S/2C6H8O8.Ca/c2*7-1-2(8)5(10)14-3(1)4(9)6(11,12)13;/h2*3-4,7-9,11-13H;/q;;+2/p-2/t2*3-,4+;/m00./s1. The van der Waals surface area contributed by atoms with Gasteiger partial charge < -0.3 is 70.8 Å². The number of carbonyl (C=O) groups is 2. The van der Waals surface area contributed by atoms with Gasteiger partial charge >= 0.3 is 61.6 Å². The average molecular weight is 454 g/mol. The monoisotopic (exact) mass is 454 g/mol. The fourth-order valence-corrected chi connectivity index (χ4v) is 1.75. The summed E-state index contributed by atoms with van der Waals surface area (Å²) < 4.78 is 8.14. The second-order valence-electron chi connectivity index (χ2n) is 5.34. The van der Waals surface area contributed by atoms with E-state index in [9.17, 15) is 19.8 Å². The maximum Gasteiger partial charge on any atom is 2.00 e. The third-order valence-corrected chi connectivity index (χ3v) is 3.21. The summed E-state index contributed by atoms with van der Waals surface area (Å²) in [5, 5.41) is 108. The van der Waals surface area contributed by atoms with Crippen LogP contribution in [0.1, 0.15) is 0 Å². The largest absolute Gasteiger partial charge is 2.00 e. The van der Waals surface area contributed by atoms with Crippen molar-refractivity contribution in [3.05, 3.63) is 23.0 Å². The van der Waals surface area contributed by atoms with E-state index in [2.05, 4.69) is 9.47 Å². The van der Waals surface area contributed by atoms with Gasteiger partial charge in [0.05, 0.1) is 0 Å². The first-order valence-electron chi connectivity index (χ1n) is 6.82. The Morgan fingerprint density at radius 3 is 1.10 bits per heavy atom. The number of ether oxygens (including phenoxy) is 2. The first-order chi connectivity index (χ1) is 12.5. The normalized spacial score (nSPS) is 24.3. The van der Waals surface area contributed by atoms with Crippen molar-refractivity contribution >= 4 is 49.7 Å². The summed E-state index contributed by atoms with van der Waals surface area (Å²) in [6, 6.07) is 0. The number of carbonyl (C=O) groups excluding carboxylic acids is 2. The Morgan fingerprint density at radius 2 is 0.966 bits per heavy atom. The minimum Gasteiger partial charge on any atom is -0.865 e. The minimum absolute atomic E-state index is 0. The Hall–Kier alpha value is -1.44. The van der Waals surface area contributed by atoms with Crippen LogP contribution >= 0.6 is 0 Å². The fraction of sp³-hybridized carbons (Fsp3) is 0.500. The predicted molar refractivity (Wildman–Crippen MR) is 75.6 cm³/mol. The van der Waals surface area contributed by atoms with Gasteiger partial charge in [-0.25, -0.2) is 9.59 Å². The van der Waals surface area contributed by atoms with Gasteiger partial charge in [-0.2, -0.15) is 0 Å². The second-order valence-corrected chi connectivity index (χ2v) is 5.34. The molecule has 0 radical (unpaired) electrons. The van der Waals surface area contributed by atoms with Crippen molar-refractivity contribution in [2.24, 2.45) is 0 Å². The van der Waals surface area contributed by atoms with Gasteiger partial charge in [-0.05, 0) is 0 Å². The third-order valence-electron chi connectivity index (χ3n) is 3.21. The number of rotatable bonds is 4. The summed E-state index contributed by atoms with van der Waals surface area (Å²) in [5.41, 5.74) is 0. The molecule has 2 aliphatic rings. The summed E-state index contributed by atoms with van der Waals surface area (Å²) in [7, 11) is 0. The molecule has 29 heavy (non-hydrogen) atoms. The van der Waals surface area contributed by atoms with Crippen LogP contribution in [0, 0.1) is 0 Å². The van der Waals surface area contributed by atoms with Gasteiger partial charge in [-0.1, -0.05) is 0 Å². The molecule has 0 amide bonds. The quantitative estimate of drug-likeness (QED) is 0.107. The Balaban J connectivity index is 0.000000523. The Bertz CT molecular complexity index is 640.